The number of hydrogen-bond donors (Lipinski definition) is 0. The van der Waals surface area contributed by atoms with E-state index in [0.717, 1.165) is 77.0 Å². The SMILES string of the molecule is CCCCC/C=C\C=C/CCCCCCCCCCCCC(=O)OCC(COC(=O)CCCCCCC/C=C\CCCCC)OC(=O)CCCCC/C=C\CCCCCCCC. The molecule has 360 valence electrons. The zero-order valence-corrected chi connectivity index (χ0v) is 41.1. The summed E-state index contributed by atoms with van der Waals surface area (Å²) in [6, 6.07) is 0. The fourth-order valence-electron chi connectivity index (χ4n) is 7.48. The van der Waals surface area contributed by atoms with Gasteiger partial charge >= 0.3 is 17.9 Å². The average Bonchev–Trinajstić information content (AvgIpc) is 3.27. The van der Waals surface area contributed by atoms with Gasteiger partial charge in [0.05, 0.1) is 0 Å². The molecule has 62 heavy (non-hydrogen) atoms. The van der Waals surface area contributed by atoms with Gasteiger partial charge in [-0.15, -0.1) is 0 Å². The highest BCUT2D eigenvalue weighted by Crippen LogP contribution is 2.15. The first-order valence-electron chi connectivity index (χ1n) is 26.7. The molecular weight excluding hydrogens is 769 g/mol. The summed E-state index contributed by atoms with van der Waals surface area (Å²) in [5.74, 6) is -0.904. The number of rotatable bonds is 48. The van der Waals surface area contributed by atoms with Crippen molar-refractivity contribution in [2.24, 2.45) is 0 Å². The van der Waals surface area contributed by atoms with Crippen LogP contribution in [-0.2, 0) is 28.6 Å². The smallest absolute Gasteiger partial charge is 0.306 e. The first-order chi connectivity index (χ1) is 30.5. The zero-order chi connectivity index (χ0) is 45.1. The normalized spacial score (nSPS) is 12.4. The highest BCUT2D eigenvalue weighted by atomic mass is 16.6. The van der Waals surface area contributed by atoms with Gasteiger partial charge in [0, 0.05) is 19.3 Å². The lowest BCUT2D eigenvalue weighted by atomic mass is 10.1. The fourth-order valence-corrected chi connectivity index (χ4v) is 7.48. The van der Waals surface area contributed by atoms with Crippen molar-refractivity contribution in [2.75, 3.05) is 13.2 Å². The van der Waals surface area contributed by atoms with Crippen molar-refractivity contribution < 1.29 is 28.6 Å². The maximum Gasteiger partial charge on any atom is 0.306 e. The summed E-state index contributed by atoms with van der Waals surface area (Å²) in [6.45, 7) is 6.57. The molecule has 0 aromatic heterocycles. The van der Waals surface area contributed by atoms with Gasteiger partial charge in [0.1, 0.15) is 13.2 Å². The summed E-state index contributed by atoms with van der Waals surface area (Å²) in [6.07, 6.45) is 60.9. The molecule has 0 aliphatic carbocycles. The number of esters is 3. The van der Waals surface area contributed by atoms with Gasteiger partial charge in [-0.2, -0.15) is 0 Å². The number of ether oxygens (including phenoxy) is 3. The van der Waals surface area contributed by atoms with Crippen molar-refractivity contribution in [3.63, 3.8) is 0 Å². The van der Waals surface area contributed by atoms with Crippen LogP contribution < -0.4 is 0 Å². The molecule has 0 bridgehead atoms. The van der Waals surface area contributed by atoms with E-state index in [4.69, 9.17) is 14.2 Å². The Balaban J connectivity index is 4.35. The predicted octanol–water partition coefficient (Wildman–Crippen LogP) is 17.5. The van der Waals surface area contributed by atoms with E-state index in [9.17, 15) is 14.4 Å². The van der Waals surface area contributed by atoms with E-state index >= 15 is 0 Å². The number of carbonyl (C=O) groups is 3. The molecule has 0 rings (SSSR count). The van der Waals surface area contributed by atoms with E-state index < -0.39 is 6.10 Å². The molecule has 0 N–H and O–H groups in total. The van der Waals surface area contributed by atoms with Crippen molar-refractivity contribution in [3.05, 3.63) is 48.6 Å². The molecule has 0 amide bonds. The number of carbonyl (C=O) groups excluding carboxylic acids is 3. The van der Waals surface area contributed by atoms with Crippen LogP contribution in [0.3, 0.4) is 0 Å². The van der Waals surface area contributed by atoms with E-state index in [0.29, 0.717) is 19.3 Å². The van der Waals surface area contributed by atoms with Gasteiger partial charge in [0.2, 0.25) is 0 Å². The van der Waals surface area contributed by atoms with Gasteiger partial charge < -0.3 is 14.2 Å². The highest BCUT2D eigenvalue weighted by molar-refractivity contribution is 5.71. The summed E-state index contributed by atoms with van der Waals surface area (Å²) in [4.78, 5) is 38.0. The second kappa shape index (κ2) is 51.0. The van der Waals surface area contributed by atoms with Crippen LogP contribution in [0.15, 0.2) is 48.6 Å². The Morgan fingerprint density at radius 3 is 0.952 bits per heavy atom. The lowest BCUT2D eigenvalue weighted by Gasteiger charge is -2.18. The minimum atomic E-state index is -0.783. The molecule has 0 fully saturated rings. The first-order valence-corrected chi connectivity index (χ1v) is 26.7. The van der Waals surface area contributed by atoms with E-state index in [-0.39, 0.29) is 31.1 Å². The highest BCUT2D eigenvalue weighted by Gasteiger charge is 2.19. The van der Waals surface area contributed by atoms with Crippen molar-refractivity contribution in [1.29, 1.82) is 0 Å². The number of allylic oxidation sites excluding steroid dienone is 8. The van der Waals surface area contributed by atoms with Crippen LogP contribution >= 0.6 is 0 Å². The molecule has 1 atom stereocenters. The molecule has 0 saturated heterocycles. The molecule has 6 heteroatoms. The van der Waals surface area contributed by atoms with Crippen molar-refractivity contribution in [1.82, 2.24) is 0 Å². The summed E-state index contributed by atoms with van der Waals surface area (Å²) in [5.41, 5.74) is 0. The van der Waals surface area contributed by atoms with Crippen LogP contribution in [0, 0.1) is 0 Å². The van der Waals surface area contributed by atoms with Crippen LogP contribution in [0.4, 0.5) is 0 Å². The van der Waals surface area contributed by atoms with Crippen LogP contribution in [-0.4, -0.2) is 37.2 Å². The van der Waals surface area contributed by atoms with E-state index in [1.165, 1.54) is 154 Å². The molecule has 1 unspecified atom stereocenters. The van der Waals surface area contributed by atoms with Gasteiger partial charge in [0.15, 0.2) is 6.10 Å². The maximum atomic E-state index is 12.8. The Labute approximate surface area is 384 Å². The fraction of sp³-hybridized carbons (Fsp3) is 0.804. The molecule has 0 aliphatic heterocycles. The first kappa shape index (κ1) is 59.4. The number of hydrogen-bond acceptors (Lipinski definition) is 6. The summed E-state index contributed by atoms with van der Waals surface area (Å²) >= 11 is 0. The monoisotopic (exact) mass is 869 g/mol. The van der Waals surface area contributed by atoms with Gasteiger partial charge in [-0.05, 0) is 96.3 Å². The molecule has 0 aliphatic rings. The van der Waals surface area contributed by atoms with E-state index in [1.807, 2.05) is 0 Å². The van der Waals surface area contributed by atoms with E-state index in [1.54, 1.807) is 0 Å². The molecule has 0 heterocycles. The second-order valence-electron chi connectivity index (χ2n) is 17.8. The van der Waals surface area contributed by atoms with Crippen molar-refractivity contribution >= 4 is 17.9 Å². The molecule has 6 nitrogen and oxygen atoms in total. The molecule has 0 saturated carbocycles. The zero-order valence-electron chi connectivity index (χ0n) is 41.1. The quantitative estimate of drug-likeness (QED) is 0.0199. The Morgan fingerprint density at radius 1 is 0.323 bits per heavy atom. The van der Waals surface area contributed by atoms with E-state index in [2.05, 4.69) is 69.4 Å². The third-order valence-corrected chi connectivity index (χ3v) is 11.6. The van der Waals surface area contributed by atoms with Crippen LogP contribution in [0.1, 0.15) is 271 Å². The largest absolute Gasteiger partial charge is 0.462 e. The van der Waals surface area contributed by atoms with Crippen molar-refractivity contribution in [2.45, 2.75) is 277 Å². The molecule has 0 radical (unpaired) electrons. The van der Waals surface area contributed by atoms with Gasteiger partial charge in [-0.1, -0.05) is 204 Å². The van der Waals surface area contributed by atoms with Gasteiger partial charge in [-0.25, -0.2) is 0 Å². The standard InChI is InChI=1S/C56H100O6/c1-4-7-10-13-16-19-22-25-26-27-28-29-30-32-34-37-40-43-46-49-55(58)61-52-53(51-60-54(57)48-45-42-39-36-33-24-21-18-15-12-9-6-3)62-56(59)50-47-44-41-38-35-31-23-20-17-14-11-8-5-2/h16,18-19,21-22,25,31,35,53H,4-15,17,20,23-24,26-30,32-34,36-52H2,1-3H3/b19-16-,21-18-,25-22-,35-31-. The second-order valence-corrected chi connectivity index (χ2v) is 17.8. The average molecular weight is 869 g/mol. The molecule has 0 aromatic rings. The minimum absolute atomic E-state index is 0.0826. The Kier molecular flexibility index (Phi) is 48.8. The Hall–Kier alpha value is -2.63. The molecule has 0 aromatic carbocycles. The number of unbranched alkanes of at least 4 members (excludes halogenated alkanes) is 30. The topological polar surface area (TPSA) is 78.9 Å². The lowest BCUT2D eigenvalue weighted by Crippen LogP contribution is -2.30. The lowest BCUT2D eigenvalue weighted by molar-refractivity contribution is -0.167. The van der Waals surface area contributed by atoms with Gasteiger partial charge in [-0.3, -0.25) is 14.4 Å². The van der Waals surface area contributed by atoms with Crippen LogP contribution in [0.2, 0.25) is 0 Å². The maximum absolute atomic E-state index is 12.8. The minimum Gasteiger partial charge on any atom is -0.462 e. The summed E-state index contributed by atoms with van der Waals surface area (Å²) in [7, 11) is 0. The predicted molar refractivity (Wildman–Crippen MR) is 265 cm³/mol. The van der Waals surface area contributed by atoms with Crippen LogP contribution in [0.25, 0.3) is 0 Å². The molecule has 0 spiro atoms. The Morgan fingerprint density at radius 2 is 0.581 bits per heavy atom. The summed E-state index contributed by atoms with van der Waals surface area (Å²) < 4.78 is 16.8. The Bertz CT molecular complexity index is 1090. The van der Waals surface area contributed by atoms with Crippen LogP contribution in [0.5, 0.6) is 0 Å². The summed E-state index contributed by atoms with van der Waals surface area (Å²) in [5, 5.41) is 0. The van der Waals surface area contributed by atoms with Gasteiger partial charge in [0.25, 0.3) is 0 Å². The third-order valence-electron chi connectivity index (χ3n) is 11.6. The third kappa shape index (κ3) is 48.4. The molecular formula is C56H100O6. The van der Waals surface area contributed by atoms with Crippen molar-refractivity contribution in [3.8, 4) is 0 Å².